The highest BCUT2D eigenvalue weighted by Gasteiger charge is 2.40. The molecule has 104 valence electrons. The van der Waals surface area contributed by atoms with Gasteiger partial charge in [0.05, 0.1) is 26.6 Å². The zero-order valence-electron chi connectivity index (χ0n) is 11.4. The van der Waals surface area contributed by atoms with Crippen LogP contribution in [0.3, 0.4) is 0 Å². The molecule has 0 aromatic heterocycles. The highest BCUT2D eigenvalue weighted by Crippen LogP contribution is 2.25. The lowest BCUT2D eigenvalue weighted by molar-refractivity contribution is -0.346. The van der Waals surface area contributed by atoms with Crippen molar-refractivity contribution >= 4 is 0 Å². The van der Waals surface area contributed by atoms with Crippen molar-refractivity contribution in [2.75, 3.05) is 39.6 Å². The summed E-state index contributed by atoms with van der Waals surface area (Å²) in [6.07, 6.45) is 2.56. The van der Waals surface area contributed by atoms with Gasteiger partial charge in [0.25, 0.3) is 0 Å². The molecule has 3 heterocycles. The van der Waals surface area contributed by atoms with Gasteiger partial charge in [0.2, 0.25) is 0 Å². The molecule has 6 nitrogen and oxygen atoms in total. The molecule has 3 rings (SSSR count). The van der Waals surface area contributed by atoms with E-state index in [1.165, 1.54) is 0 Å². The van der Waals surface area contributed by atoms with Crippen molar-refractivity contribution < 1.29 is 9.47 Å². The number of ether oxygens (including phenoxy) is 2. The standard InChI is InChI=1S/C12H24N4O2/c1-3-11-15-9-14-6-8-18-12(4-2)16(14)10-13(15)5-7-17-11/h11-12H,3-10H2,1-2H3. The molecule has 6 heteroatoms. The van der Waals surface area contributed by atoms with Crippen LogP contribution in [0.4, 0.5) is 0 Å². The normalized spacial score (nSPS) is 36.3. The predicted molar refractivity (Wildman–Crippen MR) is 66.9 cm³/mol. The molecular weight excluding hydrogens is 232 g/mol. The van der Waals surface area contributed by atoms with E-state index in [0.29, 0.717) is 0 Å². The highest BCUT2D eigenvalue weighted by molar-refractivity contribution is 4.76. The van der Waals surface area contributed by atoms with E-state index < -0.39 is 0 Å². The van der Waals surface area contributed by atoms with Crippen LogP contribution in [-0.4, -0.2) is 72.1 Å². The van der Waals surface area contributed by atoms with Crippen LogP contribution in [0.5, 0.6) is 0 Å². The SMILES string of the molecule is CCC1OCCN2CN3C(CC)OCCN3CN12. The summed E-state index contributed by atoms with van der Waals surface area (Å²) in [5.41, 5.74) is 0. The van der Waals surface area contributed by atoms with Gasteiger partial charge in [-0.3, -0.25) is 0 Å². The highest BCUT2D eigenvalue weighted by atomic mass is 16.5. The molecule has 2 unspecified atom stereocenters. The van der Waals surface area contributed by atoms with Crippen LogP contribution in [-0.2, 0) is 9.47 Å². The van der Waals surface area contributed by atoms with Crippen LogP contribution in [0.1, 0.15) is 26.7 Å². The van der Waals surface area contributed by atoms with Crippen molar-refractivity contribution in [3.8, 4) is 0 Å². The molecular formula is C12H24N4O2. The molecule has 0 radical (unpaired) electrons. The van der Waals surface area contributed by atoms with E-state index in [-0.39, 0.29) is 12.5 Å². The first-order valence-electron chi connectivity index (χ1n) is 7.09. The molecule has 3 fully saturated rings. The Morgan fingerprint density at radius 2 is 1.28 bits per heavy atom. The van der Waals surface area contributed by atoms with E-state index in [4.69, 9.17) is 9.47 Å². The zero-order chi connectivity index (χ0) is 12.5. The maximum absolute atomic E-state index is 5.84. The van der Waals surface area contributed by atoms with Gasteiger partial charge in [0, 0.05) is 13.1 Å². The van der Waals surface area contributed by atoms with E-state index in [9.17, 15) is 0 Å². The molecule has 18 heavy (non-hydrogen) atoms. The minimum Gasteiger partial charge on any atom is -0.360 e. The van der Waals surface area contributed by atoms with Gasteiger partial charge >= 0.3 is 0 Å². The minimum atomic E-state index is 0.240. The Hall–Kier alpha value is -0.240. The van der Waals surface area contributed by atoms with Crippen LogP contribution in [0.2, 0.25) is 0 Å². The van der Waals surface area contributed by atoms with Crippen molar-refractivity contribution in [1.29, 1.82) is 0 Å². The van der Waals surface area contributed by atoms with Crippen LogP contribution in [0, 0.1) is 0 Å². The van der Waals surface area contributed by atoms with Gasteiger partial charge in [-0.2, -0.15) is 10.0 Å². The minimum absolute atomic E-state index is 0.240. The summed E-state index contributed by atoms with van der Waals surface area (Å²) < 4.78 is 11.7. The first kappa shape index (κ1) is 12.8. The van der Waals surface area contributed by atoms with Gasteiger partial charge in [-0.15, -0.1) is 0 Å². The molecule has 3 aliphatic heterocycles. The zero-order valence-corrected chi connectivity index (χ0v) is 11.4. The Bertz CT molecular complexity index is 263. The molecule has 3 aliphatic rings. The smallest absolute Gasteiger partial charge is 0.124 e. The van der Waals surface area contributed by atoms with Crippen LogP contribution in [0.15, 0.2) is 0 Å². The maximum Gasteiger partial charge on any atom is 0.124 e. The fraction of sp³-hybridized carbons (Fsp3) is 1.00. The lowest BCUT2D eigenvalue weighted by Gasteiger charge is -2.56. The molecule has 2 atom stereocenters. The van der Waals surface area contributed by atoms with E-state index in [0.717, 1.165) is 52.5 Å². The number of hydrazine groups is 2. The first-order valence-corrected chi connectivity index (χ1v) is 7.09. The molecule has 3 saturated heterocycles. The van der Waals surface area contributed by atoms with Gasteiger partial charge in [-0.05, 0) is 12.8 Å². The van der Waals surface area contributed by atoms with Gasteiger partial charge in [0.15, 0.2) is 0 Å². The molecule has 0 aliphatic carbocycles. The van der Waals surface area contributed by atoms with Gasteiger partial charge in [-0.25, -0.2) is 10.0 Å². The Balaban J connectivity index is 1.73. The van der Waals surface area contributed by atoms with E-state index in [2.05, 4.69) is 33.9 Å². The van der Waals surface area contributed by atoms with Gasteiger partial charge < -0.3 is 9.47 Å². The molecule has 0 amide bonds. The lowest BCUT2D eigenvalue weighted by atomic mass is 10.3. The number of hydrogen-bond acceptors (Lipinski definition) is 6. The third kappa shape index (κ3) is 2.17. The number of rotatable bonds is 2. The second-order valence-corrected chi connectivity index (χ2v) is 5.09. The summed E-state index contributed by atoms with van der Waals surface area (Å²) in [7, 11) is 0. The van der Waals surface area contributed by atoms with E-state index in [1.54, 1.807) is 0 Å². The average molecular weight is 256 g/mol. The summed E-state index contributed by atoms with van der Waals surface area (Å²) in [6, 6.07) is 0. The molecule has 0 spiro atoms. The first-order chi connectivity index (χ1) is 8.83. The Morgan fingerprint density at radius 1 is 0.833 bits per heavy atom. The summed E-state index contributed by atoms with van der Waals surface area (Å²) in [6.45, 7) is 9.87. The van der Waals surface area contributed by atoms with Crippen molar-refractivity contribution in [3.05, 3.63) is 0 Å². The largest absolute Gasteiger partial charge is 0.360 e. The van der Waals surface area contributed by atoms with Crippen molar-refractivity contribution in [2.45, 2.75) is 39.1 Å². The Morgan fingerprint density at radius 3 is 1.67 bits per heavy atom. The summed E-state index contributed by atoms with van der Waals surface area (Å²) >= 11 is 0. The summed E-state index contributed by atoms with van der Waals surface area (Å²) in [5, 5.41) is 9.56. The summed E-state index contributed by atoms with van der Waals surface area (Å²) in [5.74, 6) is 0. The molecule has 0 aromatic carbocycles. The second kappa shape index (κ2) is 5.40. The van der Waals surface area contributed by atoms with Crippen LogP contribution in [0.25, 0.3) is 0 Å². The van der Waals surface area contributed by atoms with Crippen molar-refractivity contribution in [2.24, 2.45) is 0 Å². The Labute approximate surface area is 109 Å². The molecule has 0 saturated carbocycles. The number of fused-ring (bicyclic) bond motifs is 2. The molecule has 0 bridgehead atoms. The van der Waals surface area contributed by atoms with E-state index >= 15 is 0 Å². The van der Waals surface area contributed by atoms with Gasteiger partial charge in [0.1, 0.15) is 12.5 Å². The van der Waals surface area contributed by atoms with E-state index in [1.807, 2.05) is 0 Å². The monoisotopic (exact) mass is 256 g/mol. The topological polar surface area (TPSA) is 31.4 Å². The molecule has 0 aromatic rings. The third-order valence-corrected chi connectivity index (χ3v) is 4.03. The van der Waals surface area contributed by atoms with Gasteiger partial charge in [-0.1, -0.05) is 13.8 Å². The van der Waals surface area contributed by atoms with Crippen molar-refractivity contribution in [1.82, 2.24) is 20.0 Å². The van der Waals surface area contributed by atoms with Crippen LogP contribution < -0.4 is 0 Å². The summed E-state index contributed by atoms with van der Waals surface area (Å²) in [4.78, 5) is 0. The fourth-order valence-electron chi connectivity index (χ4n) is 3.04. The number of hydrogen-bond donors (Lipinski definition) is 0. The second-order valence-electron chi connectivity index (χ2n) is 5.09. The quantitative estimate of drug-likeness (QED) is 0.714. The van der Waals surface area contributed by atoms with Crippen molar-refractivity contribution in [3.63, 3.8) is 0 Å². The third-order valence-electron chi connectivity index (χ3n) is 4.03. The predicted octanol–water partition coefficient (Wildman–Crippen LogP) is 0.486. The van der Waals surface area contributed by atoms with Crippen LogP contribution >= 0.6 is 0 Å². The maximum atomic E-state index is 5.84. The molecule has 0 N–H and O–H groups in total. The lowest BCUT2D eigenvalue weighted by Crippen LogP contribution is -2.72. The fourth-order valence-corrected chi connectivity index (χ4v) is 3.04. The Kier molecular flexibility index (Phi) is 3.83. The average Bonchev–Trinajstić information content (AvgIpc) is 2.43. The number of nitrogens with zero attached hydrogens (tertiary/aromatic N) is 4.